The van der Waals surface area contributed by atoms with Gasteiger partial charge in [-0.3, -0.25) is 0 Å². The van der Waals surface area contributed by atoms with Gasteiger partial charge in [0.25, 0.3) is 0 Å². The third kappa shape index (κ3) is 3.22. The van der Waals surface area contributed by atoms with Crippen LogP contribution in [0, 0.1) is 0 Å². The van der Waals surface area contributed by atoms with E-state index in [2.05, 4.69) is 42.7 Å². The number of fused-ring (bicyclic) bond motifs is 1. The molecule has 116 valence electrons. The fourth-order valence-corrected chi connectivity index (χ4v) is 2.73. The monoisotopic (exact) mass is 306 g/mol. The van der Waals surface area contributed by atoms with Crippen LogP contribution in [0.4, 0.5) is 11.6 Å². The molecule has 2 aromatic heterocycles. The van der Waals surface area contributed by atoms with Crippen molar-refractivity contribution in [3.63, 3.8) is 0 Å². The van der Waals surface area contributed by atoms with Crippen molar-refractivity contribution in [1.29, 1.82) is 0 Å². The summed E-state index contributed by atoms with van der Waals surface area (Å²) in [4.78, 5) is 16.2. The first-order valence-corrected chi connectivity index (χ1v) is 7.76. The lowest BCUT2D eigenvalue weighted by atomic mass is 10.1. The first kappa shape index (κ1) is 13.9. The van der Waals surface area contributed by atoms with Crippen LogP contribution in [0.15, 0.2) is 43.0 Å². The van der Waals surface area contributed by atoms with Crippen molar-refractivity contribution in [1.82, 2.24) is 25.3 Å². The lowest BCUT2D eigenvalue weighted by molar-refractivity contribution is 0.624. The predicted octanol–water partition coefficient (Wildman–Crippen LogP) is 2.18. The molecule has 1 aliphatic heterocycles. The number of aromatic amines is 1. The first-order valence-electron chi connectivity index (χ1n) is 7.76. The molecule has 0 spiro atoms. The molecule has 0 saturated heterocycles. The predicted molar refractivity (Wildman–Crippen MR) is 88.6 cm³/mol. The number of rotatable bonds is 4. The summed E-state index contributed by atoms with van der Waals surface area (Å²) in [5, 5.41) is 6.60. The number of H-pyrrole nitrogens is 1. The number of nitrogens with zero attached hydrogens (tertiary/aromatic N) is 3. The Bertz CT molecular complexity index is 779. The Kier molecular flexibility index (Phi) is 3.73. The highest BCUT2D eigenvalue weighted by molar-refractivity contribution is 5.54. The van der Waals surface area contributed by atoms with Gasteiger partial charge in [0.2, 0.25) is 5.95 Å². The van der Waals surface area contributed by atoms with E-state index in [4.69, 9.17) is 0 Å². The molecule has 4 rings (SSSR count). The summed E-state index contributed by atoms with van der Waals surface area (Å²) in [7, 11) is 0. The summed E-state index contributed by atoms with van der Waals surface area (Å²) >= 11 is 0. The fraction of sp³-hybridized carbons (Fsp3) is 0.235. The summed E-state index contributed by atoms with van der Waals surface area (Å²) < 4.78 is 0. The second-order valence-corrected chi connectivity index (χ2v) is 5.65. The van der Waals surface area contributed by atoms with Crippen molar-refractivity contribution in [2.45, 2.75) is 19.4 Å². The van der Waals surface area contributed by atoms with Crippen molar-refractivity contribution in [3.8, 4) is 0 Å². The summed E-state index contributed by atoms with van der Waals surface area (Å²) in [6.07, 6.45) is 7.37. The normalized spacial score (nSPS) is 13.6. The molecule has 1 aromatic carbocycles. The van der Waals surface area contributed by atoms with Gasteiger partial charge in [0.15, 0.2) is 0 Å². The van der Waals surface area contributed by atoms with Crippen LogP contribution in [-0.4, -0.2) is 26.5 Å². The molecular formula is C17H18N6. The molecule has 3 N–H and O–H groups in total. The number of hydrogen-bond acceptors (Lipinski definition) is 5. The van der Waals surface area contributed by atoms with Gasteiger partial charge in [-0.2, -0.15) is 0 Å². The lowest BCUT2D eigenvalue weighted by Gasteiger charge is -2.16. The van der Waals surface area contributed by atoms with Crippen LogP contribution in [0.3, 0.4) is 0 Å². The Morgan fingerprint density at radius 1 is 1.13 bits per heavy atom. The topological polar surface area (TPSA) is 78.5 Å². The second kappa shape index (κ2) is 6.18. The van der Waals surface area contributed by atoms with Gasteiger partial charge in [-0.05, 0) is 36.2 Å². The van der Waals surface area contributed by atoms with Gasteiger partial charge in [0.1, 0.15) is 0 Å². The van der Waals surface area contributed by atoms with Crippen LogP contribution in [0.25, 0.3) is 0 Å². The molecule has 0 saturated carbocycles. The smallest absolute Gasteiger partial charge is 0.227 e. The van der Waals surface area contributed by atoms with Gasteiger partial charge in [-0.1, -0.05) is 12.1 Å². The molecule has 0 aliphatic carbocycles. The van der Waals surface area contributed by atoms with Crippen molar-refractivity contribution >= 4 is 11.6 Å². The van der Waals surface area contributed by atoms with E-state index in [-0.39, 0.29) is 0 Å². The fourth-order valence-electron chi connectivity index (χ4n) is 2.73. The average Bonchev–Trinajstić information content (AvgIpc) is 3.10. The quantitative estimate of drug-likeness (QED) is 0.688. The first-order chi connectivity index (χ1) is 11.4. The van der Waals surface area contributed by atoms with Crippen LogP contribution in [0.2, 0.25) is 0 Å². The Labute approximate surface area is 134 Å². The summed E-state index contributed by atoms with van der Waals surface area (Å²) in [6, 6.07) is 8.28. The molecule has 23 heavy (non-hydrogen) atoms. The zero-order valence-corrected chi connectivity index (χ0v) is 12.7. The summed E-state index contributed by atoms with van der Waals surface area (Å²) in [6.45, 7) is 1.82. The van der Waals surface area contributed by atoms with Crippen LogP contribution in [0.5, 0.6) is 0 Å². The number of hydrogen-bond donors (Lipinski definition) is 3. The Morgan fingerprint density at radius 2 is 2.04 bits per heavy atom. The van der Waals surface area contributed by atoms with E-state index in [0.717, 1.165) is 43.0 Å². The van der Waals surface area contributed by atoms with Crippen molar-refractivity contribution in [2.75, 3.05) is 11.9 Å². The van der Waals surface area contributed by atoms with Crippen molar-refractivity contribution < 1.29 is 0 Å². The maximum atomic E-state index is 4.59. The molecule has 3 aromatic rings. The number of anilines is 2. The minimum absolute atomic E-state index is 0.646. The van der Waals surface area contributed by atoms with Crippen LogP contribution in [-0.2, 0) is 19.4 Å². The van der Waals surface area contributed by atoms with E-state index in [1.807, 2.05) is 24.5 Å². The lowest BCUT2D eigenvalue weighted by Crippen LogP contribution is -2.25. The Balaban J connectivity index is 1.46. The van der Waals surface area contributed by atoms with Gasteiger partial charge in [-0.15, -0.1) is 0 Å². The zero-order valence-electron chi connectivity index (χ0n) is 12.7. The molecule has 0 bridgehead atoms. The van der Waals surface area contributed by atoms with E-state index in [9.17, 15) is 0 Å². The SMILES string of the molecule is c1nc(Cc2ccc(Nc3ncc4c(n3)CNCC4)cc2)c[nH]1. The maximum Gasteiger partial charge on any atom is 0.227 e. The Morgan fingerprint density at radius 3 is 2.87 bits per heavy atom. The van der Waals surface area contributed by atoms with Crippen LogP contribution in [0.1, 0.15) is 22.5 Å². The van der Waals surface area contributed by atoms with Crippen molar-refractivity contribution in [2.24, 2.45) is 0 Å². The highest BCUT2D eigenvalue weighted by Gasteiger charge is 2.11. The summed E-state index contributed by atoms with van der Waals surface area (Å²) in [5.41, 5.74) is 5.57. The third-order valence-electron chi connectivity index (χ3n) is 3.97. The average molecular weight is 306 g/mol. The van der Waals surface area contributed by atoms with Crippen LogP contribution < -0.4 is 10.6 Å². The third-order valence-corrected chi connectivity index (χ3v) is 3.97. The number of nitrogens with one attached hydrogen (secondary N) is 3. The van der Waals surface area contributed by atoms with Gasteiger partial charge >= 0.3 is 0 Å². The van der Waals surface area contributed by atoms with E-state index in [0.29, 0.717) is 5.95 Å². The molecule has 3 heterocycles. The van der Waals surface area contributed by atoms with Gasteiger partial charge in [0, 0.05) is 31.0 Å². The van der Waals surface area contributed by atoms with Gasteiger partial charge in [-0.25, -0.2) is 15.0 Å². The standard InChI is InChI=1S/C17H18N6/c1-3-14(4-2-12(1)7-15-9-19-11-21-15)22-17-20-8-13-5-6-18-10-16(13)23-17/h1-4,8-9,11,18H,5-7,10H2,(H,19,21)(H,20,22,23). The number of benzene rings is 1. The second-order valence-electron chi connectivity index (χ2n) is 5.65. The highest BCUT2D eigenvalue weighted by atomic mass is 15.1. The minimum atomic E-state index is 0.646. The molecule has 6 heteroatoms. The molecule has 6 nitrogen and oxygen atoms in total. The van der Waals surface area contributed by atoms with Gasteiger partial charge in [0.05, 0.1) is 17.7 Å². The molecular weight excluding hydrogens is 288 g/mol. The molecule has 1 aliphatic rings. The largest absolute Gasteiger partial charge is 0.351 e. The zero-order chi connectivity index (χ0) is 15.5. The Hall–Kier alpha value is -2.73. The van der Waals surface area contributed by atoms with E-state index in [1.165, 1.54) is 11.1 Å². The molecule has 0 unspecified atom stereocenters. The minimum Gasteiger partial charge on any atom is -0.351 e. The van der Waals surface area contributed by atoms with Gasteiger partial charge < -0.3 is 15.6 Å². The van der Waals surface area contributed by atoms with Crippen molar-refractivity contribution in [3.05, 3.63) is 65.5 Å². The van der Waals surface area contributed by atoms with E-state index < -0.39 is 0 Å². The molecule has 0 amide bonds. The summed E-state index contributed by atoms with van der Waals surface area (Å²) in [5.74, 6) is 0.646. The van der Waals surface area contributed by atoms with Crippen LogP contribution >= 0.6 is 0 Å². The van der Waals surface area contributed by atoms with E-state index in [1.54, 1.807) is 6.33 Å². The van der Waals surface area contributed by atoms with E-state index >= 15 is 0 Å². The molecule has 0 atom stereocenters. The number of aromatic nitrogens is 4. The maximum absolute atomic E-state index is 4.59. The molecule has 0 radical (unpaired) electrons. The highest BCUT2D eigenvalue weighted by Crippen LogP contribution is 2.18. The molecule has 0 fully saturated rings. The number of imidazole rings is 1.